The van der Waals surface area contributed by atoms with Crippen molar-refractivity contribution in [3.05, 3.63) is 52.9 Å². The second-order valence-electron chi connectivity index (χ2n) is 3.92. The van der Waals surface area contributed by atoms with E-state index in [4.69, 9.17) is 5.73 Å². The Hall–Kier alpha value is -2.31. The van der Waals surface area contributed by atoms with Crippen LogP contribution in [0.2, 0.25) is 0 Å². The Bertz CT molecular complexity index is 588. The third kappa shape index (κ3) is 2.93. The maximum absolute atomic E-state index is 12.4. The summed E-state index contributed by atoms with van der Waals surface area (Å²) in [6.07, 6.45) is -2.90. The van der Waals surface area contributed by atoms with Crippen LogP contribution in [0.15, 0.2) is 35.1 Å². The van der Waals surface area contributed by atoms with Gasteiger partial charge in [0, 0.05) is 12.0 Å². The topological polar surface area (TPSA) is 69.1 Å². The van der Waals surface area contributed by atoms with Crippen LogP contribution in [0.25, 0.3) is 0 Å². The number of hydrogen-bond acceptors (Lipinski definition) is 3. The molecule has 0 fully saturated rings. The molecular formula is C12H9F3N2O2. The minimum Gasteiger partial charge on any atom is -0.364 e. The van der Waals surface area contributed by atoms with Gasteiger partial charge in [-0.3, -0.25) is 4.79 Å². The van der Waals surface area contributed by atoms with Crippen LogP contribution in [0.3, 0.4) is 0 Å². The van der Waals surface area contributed by atoms with Gasteiger partial charge in [0.2, 0.25) is 0 Å². The summed E-state index contributed by atoms with van der Waals surface area (Å²) in [6, 6.07) is 4.63. The number of amides is 1. The van der Waals surface area contributed by atoms with Crippen molar-refractivity contribution in [3.8, 4) is 0 Å². The first-order valence-corrected chi connectivity index (χ1v) is 5.27. The zero-order valence-electron chi connectivity index (χ0n) is 9.57. The molecule has 0 spiro atoms. The molecule has 4 nitrogen and oxygen atoms in total. The molecule has 1 aromatic carbocycles. The van der Waals surface area contributed by atoms with E-state index >= 15 is 0 Å². The zero-order chi connectivity index (χ0) is 14.0. The molecule has 2 rings (SSSR count). The lowest BCUT2D eigenvalue weighted by molar-refractivity contribution is -0.137. The minimum atomic E-state index is -4.37. The molecule has 1 heterocycles. The number of halogens is 3. The number of benzene rings is 1. The maximum atomic E-state index is 12.4. The number of aromatic nitrogens is 1. The fourth-order valence-electron chi connectivity index (χ4n) is 1.62. The van der Waals surface area contributed by atoms with Crippen LogP contribution >= 0.6 is 0 Å². The predicted molar refractivity (Wildman–Crippen MR) is 59.3 cm³/mol. The number of alkyl halides is 3. The lowest BCUT2D eigenvalue weighted by Gasteiger charge is -2.07. The van der Waals surface area contributed by atoms with E-state index in [1.807, 2.05) is 0 Å². The lowest BCUT2D eigenvalue weighted by atomic mass is 10.0. The fourth-order valence-corrected chi connectivity index (χ4v) is 1.62. The van der Waals surface area contributed by atoms with Crippen LogP contribution in [0.5, 0.6) is 0 Å². The summed E-state index contributed by atoms with van der Waals surface area (Å²) in [6.45, 7) is 0. The van der Waals surface area contributed by atoms with Gasteiger partial charge in [-0.2, -0.15) is 13.2 Å². The molecular weight excluding hydrogens is 261 g/mol. The SMILES string of the molecule is NC(=O)c1nocc1Cc1ccc(C(F)(F)F)cc1. The molecule has 0 saturated carbocycles. The largest absolute Gasteiger partial charge is 0.416 e. The van der Waals surface area contributed by atoms with Gasteiger partial charge in [-0.1, -0.05) is 17.3 Å². The van der Waals surface area contributed by atoms with Crippen LogP contribution in [-0.2, 0) is 12.6 Å². The molecule has 2 aromatic rings. The predicted octanol–water partition coefficient (Wildman–Crippen LogP) is 2.38. The van der Waals surface area contributed by atoms with Gasteiger partial charge in [-0.05, 0) is 17.7 Å². The summed E-state index contributed by atoms with van der Waals surface area (Å²) in [5, 5.41) is 3.44. The van der Waals surface area contributed by atoms with Crippen LogP contribution < -0.4 is 5.73 Å². The molecule has 0 bridgehead atoms. The number of primary amides is 1. The highest BCUT2D eigenvalue weighted by atomic mass is 19.4. The van der Waals surface area contributed by atoms with Crippen molar-refractivity contribution >= 4 is 5.91 Å². The first-order valence-electron chi connectivity index (χ1n) is 5.27. The van der Waals surface area contributed by atoms with Gasteiger partial charge in [0.25, 0.3) is 5.91 Å². The Morgan fingerprint density at radius 2 is 1.89 bits per heavy atom. The van der Waals surface area contributed by atoms with Crippen LogP contribution in [-0.4, -0.2) is 11.1 Å². The highest BCUT2D eigenvalue weighted by molar-refractivity contribution is 5.92. The quantitative estimate of drug-likeness (QED) is 0.930. The van der Waals surface area contributed by atoms with Crippen molar-refractivity contribution in [2.75, 3.05) is 0 Å². The molecule has 0 saturated heterocycles. The molecule has 0 atom stereocenters. The van der Waals surface area contributed by atoms with E-state index in [9.17, 15) is 18.0 Å². The van der Waals surface area contributed by atoms with Crippen LogP contribution in [0.1, 0.15) is 27.2 Å². The monoisotopic (exact) mass is 270 g/mol. The van der Waals surface area contributed by atoms with E-state index in [1.54, 1.807) is 0 Å². The summed E-state index contributed by atoms with van der Waals surface area (Å²) in [5.74, 6) is -0.740. The molecule has 0 aliphatic rings. The Morgan fingerprint density at radius 1 is 1.26 bits per heavy atom. The summed E-state index contributed by atoms with van der Waals surface area (Å²) >= 11 is 0. The van der Waals surface area contributed by atoms with E-state index in [-0.39, 0.29) is 12.1 Å². The van der Waals surface area contributed by atoms with Crippen molar-refractivity contribution in [2.45, 2.75) is 12.6 Å². The summed E-state index contributed by atoms with van der Waals surface area (Å²) < 4.78 is 41.8. The molecule has 0 unspecified atom stereocenters. The molecule has 100 valence electrons. The van der Waals surface area contributed by atoms with Gasteiger partial charge < -0.3 is 10.3 Å². The molecule has 19 heavy (non-hydrogen) atoms. The third-order valence-electron chi connectivity index (χ3n) is 2.55. The van der Waals surface area contributed by atoms with Crippen molar-refractivity contribution in [2.24, 2.45) is 5.73 Å². The third-order valence-corrected chi connectivity index (χ3v) is 2.55. The Labute approximate surface area is 106 Å². The van der Waals surface area contributed by atoms with Gasteiger partial charge >= 0.3 is 6.18 Å². The summed E-state index contributed by atoms with van der Waals surface area (Å²) in [7, 11) is 0. The average molecular weight is 270 g/mol. The van der Waals surface area contributed by atoms with E-state index in [1.165, 1.54) is 18.4 Å². The highest BCUT2D eigenvalue weighted by Gasteiger charge is 2.29. The molecule has 2 N–H and O–H groups in total. The fraction of sp³-hybridized carbons (Fsp3) is 0.167. The molecule has 0 aliphatic heterocycles. The average Bonchev–Trinajstić information content (AvgIpc) is 2.77. The first-order chi connectivity index (χ1) is 8.88. The number of carbonyl (C=O) groups is 1. The van der Waals surface area contributed by atoms with Crippen LogP contribution in [0, 0.1) is 0 Å². The van der Waals surface area contributed by atoms with E-state index in [0.717, 1.165) is 12.1 Å². The van der Waals surface area contributed by atoms with Gasteiger partial charge in [0.05, 0.1) is 5.56 Å². The Kier molecular flexibility index (Phi) is 3.28. The van der Waals surface area contributed by atoms with E-state index in [2.05, 4.69) is 9.68 Å². The number of nitrogens with zero attached hydrogens (tertiary/aromatic N) is 1. The second kappa shape index (κ2) is 4.75. The van der Waals surface area contributed by atoms with Crippen LogP contribution in [0.4, 0.5) is 13.2 Å². The summed E-state index contributed by atoms with van der Waals surface area (Å²) in [5.41, 5.74) is 5.38. The lowest BCUT2D eigenvalue weighted by Crippen LogP contribution is -2.13. The molecule has 7 heteroatoms. The second-order valence-corrected chi connectivity index (χ2v) is 3.92. The Morgan fingerprint density at radius 3 is 2.42 bits per heavy atom. The van der Waals surface area contributed by atoms with Gasteiger partial charge in [-0.15, -0.1) is 0 Å². The molecule has 1 amide bonds. The molecule has 1 aromatic heterocycles. The normalized spacial score (nSPS) is 11.5. The highest BCUT2D eigenvalue weighted by Crippen LogP contribution is 2.29. The number of carbonyl (C=O) groups excluding carboxylic acids is 1. The number of hydrogen-bond donors (Lipinski definition) is 1. The minimum absolute atomic E-state index is 0.0140. The number of rotatable bonds is 3. The zero-order valence-corrected chi connectivity index (χ0v) is 9.57. The first kappa shape index (κ1) is 13.1. The van der Waals surface area contributed by atoms with Crippen molar-refractivity contribution in [1.29, 1.82) is 0 Å². The van der Waals surface area contributed by atoms with Gasteiger partial charge in [0.15, 0.2) is 5.69 Å². The van der Waals surface area contributed by atoms with Gasteiger partial charge in [-0.25, -0.2) is 0 Å². The number of nitrogens with two attached hydrogens (primary N) is 1. The maximum Gasteiger partial charge on any atom is 0.416 e. The standard InChI is InChI=1S/C12H9F3N2O2/c13-12(14,15)9-3-1-7(2-4-9)5-8-6-19-17-10(8)11(16)18/h1-4,6H,5H2,(H2,16,18). The van der Waals surface area contributed by atoms with Gasteiger partial charge in [0.1, 0.15) is 6.26 Å². The Balaban J connectivity index is 2.20. The van der Waals surface area contributed by atoms with Crippen molar-refractivity contribution < 1.29 is 22.5 Å². The van der Waals surface area contributed by atoms with E-state index in [0.29, 0.717) is 11.1 Å². The smallest absolute Gasteiger partial charge is 0.364 e. The summed E-state index contributed by atoms with van der Waals surface area (Å²) in [4.78, 5) is 11.0. The van der Waals surface area contributed by atoms with E-state index < -0.39 is 17.6 Å². The van der Waals surface area contributed by atoms with Crippen molar-refractivity contribution in [3.63, 3.8) is 0 Å². The molecule has 0 aliphatic carbocycles. The molecule has 0 radical (unpaired) electrons. The van der Waals surface area contributed by atoms with Crippen molar-refractivity contribution in [1.82, 2.24) is 5.16 Å².